The van der Waals surface area contributed by atoms with Gasteiger partial charge in [0.15, 0.2) is 6.10 Å². The van der Waals surface area contributed by atoms with Crippen molar-refractivity contribution in [3.05, 3.63) is 29.8 Å². The van der Waals surface area contributed by atoms with Crippen molar-refractivity contribution in [3.63, 3.8) is 0 Å². The predicted octanol–water partition coefficient (Wildman–Crippen LogP) is 4.59. The zero-order valence-corrected chi connectivity index (χ0v) is 20.6. The molecule has 0 bridgehead atoms. The van der Waals surface area contributed by atoms with Crippen LogP contribution in [0, 0.1) is 0 Å². The van der Waals surface area contributed by atoms with Crippen molar-refractivity contribution in [2.24, 2.45) is 0 Å². The number of hydrogen-bond acceptors (Lipinski definition) is 5. The fourth-order valence-electron chi connectivity index (χ4n) is 2.96. The largest absolute Gasteiger partial charge is 0.492 e. The maximum absolute atomic E-state index is 12.5. The summed E-state index contributed by atoms with van der Waals surface area (Å²) in [4.78, 5) is 24.8. The summed E-state index contributed by atoms with van der Waals surface area (Å²) >= 11 is 1.67. The standard InChI is InChI=1S/C23H35F3N2O5S/c1-3-5-6-14-34-15-12-28(22(31)27-17-23(24,25)26)11-13-33-19-9-7-18(8-10-19)16-20(21(29)30)32-4-2/h7-10,20H,3-6,11-17H2,1-2H3,(H,27,31)(H,29,30). The van der Waals surface area contributed by atoms with Gasteiger partial charge in [0.25, 0.3) is 0 Å². The second-order valence-electron chi connectivity index (χ2n) is 7.56. The van der Waals surface area contributed by atoms with E-state index in [1.54, 1.807) is 43.0 Å². The average Bonchev–Trinajstić information content (AvgIpc) is 2.78. The van der Waals surface area contributed by atoms with Crippen LogP contribution in [-0.4, -0.2) is 78.6 Å². The summed E-state index contributed by atoms with van der Waals surface area (Å²) in [7, 11) is 0. The third-order valence-electron chi connectivity index (χ3n) is 4.74. The van der Waals surface area contributed by atoms with Gasteiger partial charge in [-0.05, 0) is 36.8 Å². The van der Waals surface area contributed by atoms with Gasteiger partial charge < -0.3 is 24.8 Å². The second kappa shape index (κ2) is 16.5. The number of alkyl halides is 3. The van der Waals surface area contributed by atoms with E-state index in [2.05, 4.69) is 6.92 Å². The third kappa shape index (κ3) is 13.5. The van der Waals surface area contributed by atoms with Crippen molar-refractivity contribution >= 4 is 23.8 Å². The summed E-state index contributed by atoms with van der Waals surface area (Å²) in [5.74, 6) is 1.05. The molecule has 0 aliphatic heterocycles. The lowest BCUT2D eigenvalue weighted by atomic mass is 10.1. The number of nitrogens with one attached hydrogen (secondary N) is 1. The summed E-state index contributed by atoms with van der Waals surface area (Å²) in [5.41, 5.74) is 0.765. The van der Waals surface area contributed by atoms with E-state index < -0.39 is 30.8 Å². The van der Waals surface area contributed by atoms with Gasteiger partial charge in [-0.2, -0.15) is 24.9 Å². The van der Waals surface area contributed by atoms with Gasteiger partial charge in [0, 0.05) is 25.3 Å². The number of nitrogens with zero attached hydrogens (tertiary/aromatic N) is 1. The summed E-state index contributed by atoms with van der Waals surface area (Å²) < 4.78 is 48.3. The number of carboxylic acid groups (broad SMARTS) is 1. The lowest BCUT2D eigenvalue weighted by molar-refractivity contribution is -0.150. The van der Waals surface area contributed by atoms with Crippen LogP contribution in [0.5, 0.6) is 5.75 Å². The number of carbonyl (C=O) groups is 2. The highest BCUT2D eigenvalue weighted by Crippen LogP contribution is 2.15. The number of urea groups is 1. The zero-order chi connectivity index (χ0) is 25.4. The van der Waals surface area contributed by atoms with E-state index in [9.17, 15) is 27.9 Å². The molecule has 34 heavy (non-hydrogen) atoms. The number of unbranched alkanes of at least 4 members (excludes halogenated alkanes) is 2. The Labute approximate surface area is 203 Å². The highest BCUT2D eigenvalue weighted by molar-refractivity contribution is 7.99. The highest BCUT2D eigenvalue weighted by atomic mass is 32.2. The number of carbonyl (C=O) groups excluding carboxylic acids is 1. The minimum absolute atomic E-state index is 0.107. The molecule has 0 radical (unpaired) electrons. The normalized spacial score (nSPS) is 12.3. The van der Waals surface area contributed by atoms with Gasteiger partial charge in [-0.25, -0.2) is 9.59 Å². The summed E-state index contributed by atoms with van der Waals surface area (Å²) in [6.07, 6.45) is -1.89. The van der Waals surface area contributed by atoms with Gasteiger partial charge in [0.2, 0.25) is 0 Å². The minimum Gasteiger partial charge on any atom is -0.492 e. The molecule has 1 aromatic rings. The van der Waals surface area contributed by atoms with E-state index in [-0.39, 0.29) is 19.6 Å². The molecule has 1 unspecified atom stereocenters. The van der Waals surface area contributed by atoms with Crippen molar-refractivity contribution < 1.29 is 37.3 Å². The molecule has 11 heteroatoms. The topological polar surface area (TPSA) is 88.1 Å². The van der Waals surface area contributed by atoms with Crippen molar-refractivity contribution in [3.8, 4) is 5.75 Å². The molecule has 194 valence electrons. The number of hydrogen-bond donors (Lipinski definition) is 2. The Balaban J connectivity index is 2.56. The molecular weight excluding hydrogens is 473 g/mol. The second-order valence-corrected chi connectivity index (χ2v) is 8.78. The zero-order valence-electron chi connectivity index (χ0n) is 19.7. The third-order valence-corrected chi connectivity index (χ3v) is 5.79. The average molecular weight is 509 g/mol. The number of halogens is 3. The Bertz CT molecular complexity index is 720. The Morgan fingerprint density at radius 2 is 1.82 bits per heavy atom. The Morgan fingerprint density at radius 3 is 2.41 bits per heavy atom. The van der Waals surface area contributed by atoms with E-state index in [1.165, 1.54) is 4.90 Å². The number of rotatable bonds is 17. The van der Waals surface area contributed by atoms with Crippen LogP contribution in [0.25, 0.3) is 0 Å². The predicted molar refractivity (Wildman–Crippen MR) is 127 cm³/mol. The SMILES string of the molecule is CCCCCSCCN(CCOc1ccc(CC(OCC)C(=O)O)cc1)C(=O)NCC(F)(F)F. The molecule has 0 aliphatic rings. The van der Waals surface area contributed by atoms with Crippen LogP contribution >= 0.6 is 11.8 Å². The molecule has 2 amide bonds. The molecule has 0 aliphatic carbocycles. The minimum atomic E-state index is -4.48. The van der Waals surface area contributed by atoms with Crippen LogP contribution in [0.4, 0.5) is 18.0 Å². The van der Waals surface area contributed by atoms with Crippen LogP contribution in [-0.2, 0) is 16.0 Å². The van der Waals surface area contributed by atoms with Crippen molar-refractivity contribution in [2.45, 2.75) is 51.8 Å². The summed E-state index contributed by atoms with van der Waals surface area (Å²) in [6, 6.07) is 6.03. The van der Waals surface area contributed by atoms with Crippen LogP contribution in [0.3, 0.4) is 0 Å². The molecule has 0 spiro atoms. The van der Waals surface area contributed by atoms with Crippen LogP contribution in [0.1, 0.15) is 38.7 Å². The monoisotopic (exact) mass is 508 g/mol. The molecule has 1 rings (SSSR count). The number of thioether (sulfide) groups is 1. The first-order valence-corrected chi connectivity index (χ1v) is 12.5. The summed E-state index contributed by atoms with van der Waals surface area (Å²) in [6.45, 7) is 3.30. The number of benzene rings is 1. The maximum Gasteiger partial charge on any atom is 0.405 e. The number of carboxylic acids is 1. The lowest BCUT2D eigenvalue weighted by Gasteiger charge is -2.23. The van der Waals surface area contributed by atoms with Gasteiger partial charge >= 0.3 is 18.2 Å². The Morgan fingerprint density at radius 1 is 1.12 bits per heavy atom. The van der Waals surface area contributed by atoms with E-state index in [0.717, 1.165) is 30.6 Å². The molecule has 7 nitrogen and oxygen atoms in total. The van der Waals surface area contributed by atoms with Crippen molar-refractivity contribution in [1.82, 2.24) is 10.2 Å². The van der Waals surface area contributed by atoms with Gasteiger partial charge in [-0.3, -0.25) is 0 Å². The lowest BCUT2D eigenvalue weighted by Crippen LogP contribution is -2.46. The number of aliphatic carboxylic acids is 1. The first-order chi connectivity index (χ1) is 16.2. The molecule has 0 fully saturated rings. The van der Waals surface area contributed by atoms with E-state index in [1.807, 2.05) is 5.32 Å². The van der Waals surface area contributed by atoms with Crippen molar-refractivity contribution in [2.75, 3.05) is 44.4 Å². The molecule has 2 N–H and O–H groups in total. The maximum atomic E-state index is 12.5. The van der Waals surface area contributed by atoms with E-state index in [4.69, 9.17) is 9.47 Å². The molecular formula is C23H35F3N2O5S. The number of amides is 2. The summed E-state index contributed by atoms with van der Waals surface area (Å²) in [5, 5.41) is 11.1. The first kappa shape index (κ1) is 29.9. The molecule has 1 atom stereocenters. The Hall–Kier alpha value is -2.14. The van der Waals surface area contributed by atoms with Gasteiger partial charge in [0.05, 0.1) is 6.54 Å². The smallest absolute Gasteiger partial charge is 0.405 e. The fraction of sp³-hybridized carbons (Fsp3) is 0.652. The van der Waals surface area contributed by atoms with Crippen molar-refractivity contribution in [1.29, 1.82) is 0 Å². The Kier molecular flexibility index (Phi) is 14.5. The molecule has 0 heterocycles. The molecule has 0 aromatic heterocycles. The fourth-order valence-corrected chi connectivity index (χ4v) is 3.92. The van der Waals surface area contributed by atoms with E-state index >= 15 is 0 Å². The molecule has 0 saturated carbocycles. The van der Waals surface area contributed by atoms with Gasteiger partial charge in [0.1, 0.15) is 18.9 Å². The molecule has 0 saturated heterocycles. The van der Waals surface area contributed by atoms with Crippen LogP contribution in [0.2, 0.25) is 0 Å². The van der Waals surface area contributed by atoms with Gasteiger partial charge in [-0.15, -0.1) is 0 Å². The van der Waals surface area contributed by atoms with Crippen LogP contribution in [0.15, 0.2) is 24.3 Å². The quantitative estimate of drug-likeness (QED) is 0.299. The van der Waals surface area contributed by atoms with E-state index in [0.29, 0.717) is 24.7 Å². The highest BCUT2D eigenvalue weighted by Gasteiger charge is 2.28. The molecule has 1 aromatic carbocycles. The van der Waals surface area contributed by atoms with Gasteiger partial charge in [-0.1, -0.05) is 31.9 Å². The number of ether oxygens (including phenoxy) is 2. The van der Waals surface area contributed by atoms with Crippen LogP contribution < -0.4 is 10.1 Å². The first-order valence-electron chi connectivity index (χ1n) is 11.4.